The van der Waals surface area contributed by atoms with E-state index >= 15 is 0 Å². The highest BCUT2D eigenvalue weighted by molar-refractivity contribution is 6.92. The van der Waals surface area contributed by atoms with Gasteiger partial charge in [0.1, 0.15) is 0 Å². The molecule has 2 heteroatoms. The topological polar surface area (TPSA) is 3.24 Å². The van der Waals surface area contributed by atoms with Crippen molar-refractivity contribution in [2.75, 3.05) is 11.6 Å². The van der Waals surface area contributed by atoms with Crippen LogP contribution in [0.15, 0.2) is 72.8 Å². The van der Waals surface area contributed by atoms with Gasteiger partial charge in [0.25, 0.3) is 0 Å². The van der Waals surface area contributed by atoms with E-state index in [4.69, 9.17) is 0 Å². The van der Waals surface area contributed by atoms with Gasteiger partial charge in [0.2, 0.25) is 0 Å². The molecule has 0 aromatic heterocycles. The summed E-state index contributed by atoms with van der Waals surface area (Å²) in [5.41, 5.74) is 1.33. The first kappa shape index (κ1) is 13.9. The summed E-state index contributed by atoms with van der Waals surface area (Å²) in [7, 11) is 0.530. The summed E-state index contributed by atoms with van der Waals surface area (Å²) >= 11 is 0. The van der Waals surface area contributed by atoms with Crippen LogP contribution in [0.25, 0.3) is 10.8 Å². The fourth-order valence-electron chi connectivity index (χ4n) is 2.84. The third-order valence-corrected chi connectivity index (χ3v) is 8.11. The van der Waals surface area contributed by atoms with Crippen molar-refractivity contribution in [1.82, 2.24) is 0 Å². The maximum Gasteiger partial charge on any atom is 0.181 e. The van der Waals surface area contributed by atoms with E-state index in [2.05, 4.69) is 97.5 Å². The molecule has 106 valence electrons. The molecule has 0 atom stereocenters. The van der Waals surface area contributed by atoms with E-state index in [0.717, 1.165) is 0 Å². The lowest BCUT2D eigenvalue weighted by molar-refractivity contribution is 1.28. The molecule has 0 saturated carbocycles. The summed E-state index contributed by atoms with van der Waals surface area (Å²) in [6.45, 7) is 4.81. The number of anilines is 1. The monoisotopic (exact) mass is 291 g/mol. The molecule has 0 aliphatic carbocycles. The first-order valence-corrected chi connectivity index (χ1v) is 10.3. The molecule has 3 aromatic rings. The highest BCUT2D eigenvalue weighted by Gasteiger charge is 2.29. The number of benzene rings is 3. The summed E-state index contributed by atoms with van der Waals surface area (Å²) in [5.74, 6) is 0. The van der Waals surface area contributed by atoms with Gasteiger partial charge < -0.3 is 4.57 Å². The predicted octanol–water partition coefficient (Wildman–Crippen LogP) is 4.39. The zero-order chi connectivity index (χ0) is 14.9. The van der Waals surface area contributed by atoms with Crippen LogP contribution in [-0.4, -0.2) is 15.3 Å². The van der Waals surface area contributed by atoms with Crippen LogP contribution in [0.3, 0.4) is 0 Å². The maximum absolute atomic E-state index is 2.50. The minimum Gasteiger partial charge on any atom is -0.396 e. The first-order chi connectivity index (χ1) is 10.1. The Morgan fingerprint density at radius 3 is 2.10 bits per heavy atom. The number of rotatable bonds is 3. The van der Waals surface area contributed by atoms with Crippen LogP contribution < -0.4 is 9.75 Å². The van der Waals surface area contributed by atoms with E-state index in [0.29, 0.717) is 0 Å². The summed E-state index contributed by atoms with van der Waals surface area (Å²) in [6, 6.07) is 26.1. The SMILES string of the molecule is CN(c1cccc2ccccc12)[Si](C)(C)c1ccccc1. The number of fused-ring (bicyclic) bond motifs is 1. The molecule has 3 aromatic carbocycles. The van der Waals surface area contributed by atoms with Crippen molar-refractivity contribution in [2.24, 2.45) is 0 Å². The molecule has 3 rings (SSSR count). The normalized spacial score (nSPS) is 11.6. The zero-order valence-electron chi connectivity index (χ0n) is 12.9. The largest absolute Gasteiger partial charge is 0.396 e. The van der Waals surface area contributed by atoms with Crippen LogP contribution in [-0.2, 0) is 0 Å². The lowest BCUT2D eigenvalue weighted by Crippen LogP contribution is -2.56. The molecule has 0 saturated heterocycles. The van der Waals surface area contributed by atoms with E-state index in [1.807, 2.05) is 0 Å². The van der Waals surface area contributed by atoms with E-state index < -0.39 is 8.24 Å². The van der Waals surface area contributed by atoms with Gasteiger partial charge in [-0.05, 0) is 36.8 Å². The lowest BCUT2D eigenvalue weighted by atomic mass is 10.1. The standard InChI is InChI=1S/C19H21NSi/c1-20(21(2,3)17-12-5-4-6-13-17)19-15-9-11-16-10-7-8-14-18(16)19/h4-15H,1-3H3. The highest BCUT2D eigenvalue weighted by Crippen LogP contribution is 2.28. The molecule has 0 fully saturated rings. The van der Waals surface area contributed by atoms with Gasteiger partial charge >= 0.3 is 0 Å². The second-order valence-electron chi connectivity index (χ2n) is 5.98. The van der Waals surface area contributed by atoms with Crippen LogP contribution in [0, 0.1) is 0 Å². The Hall–Kier alpha value is -2.06. The Balaban J connectivity index is 2.10. The van der Waals surface area contributed by atoms with Crippen molar-refractivity contribution in [1.29, 1.82) is 0 Å². The Morgan fingerprint density at radius 1 is 0.714 bits per heavy atom. The smallest absolute Gasteiger partial charge is 0.181 e. The Morgan fingerprint density at radius 2 is 1.33 bits per heavy atom. The Labute approximate surface area is 127 Å². The van der Waals surface area contributed by atoms with Crippen molar-refractivity contribution < 1.29 is 0 Å². The quantitative estimate of drug-likeness (QED) is 0.647. The van der Waals surface area contributed by atoms with Gasteiger partial charge in [-0.2, -0.15) is 0 Å². The molecule has 1 nitrogen and oxygen atoms in total. The molecular formula is C19H21NSi. The number of nitrogens with zero attached hydrogens (tertiary/aromatic N) is 1. The van der Waals surface area contributed by atoms with Crippen LogP contribution in [0.5, 0.6) is 0 Å². The van der Waals surface area contributed by atoms with Gasteiger partial charge in [0.15, 0.2) is 8.24 Å². The Bertz CT molecular complexity index is 744. The minimum absolute atomic E-state index is 1.31. The molecule has 0 spiro atoms. The van der Waals surface area contributed by atoms with Crippen molar-refractivity contribution in [3.63, 3.8) is 0 Å². The molecule has 0 amide bonds. The average Bonchev–Trinajstić information content (AvgIpc) is 2.54. The van der Waals surface area contributed by atoms with Gasteiger partial charge in [-0.1, -0.05) is 66.7 Å². The van der Waals surface area contributed by atoms with E-state index in [1.165, 1.54) is 21.6 Å². The Kier molecular flexibility index (Phi) is 3.56. The molecule has 0 unspecified atom stereocenters. The van der Waals surface area contributed by atoms with Gasteiger partial charge in [0, 0.05) is 11.1 Å². The van der Waals surface area contributed by atoms with Crippen molar-refractivity contribution in [2.45, 2.75) is 13.1 Å². The van der Waals surface area contributed by atoms with Crippen molar-refractivity contribution >= 4 is 29.9 Å². The molecule has 0 bridgehead atoms. The summed E-state index contributed by atoms with van der Waals surface area (Å²) in [4.78, 5) is 0. The summed E-state index contributed by atoms with van der Waals surface area (Å²) in [5, 5.41) is 4.10. The van der Waals surface area contributed by atoms with E-state index in [9.17, 15) is 0 Å². The zero-order valence-corrected chi connectivity index (χ0v) is 13.9. The van der Waals surface area contributed by atoms with Gasteiger partial charge in [-0.25, -0.2) is 0 Å². The van der Waals surface area contributed by atoms with E-state index in [-0.39, 0.29) is 0 Å². The molecule has 0 aliphatic heterocycles. The van der Waals surface area contributed by atoms with Gasteiger partial charge in [-0.15, -0.1) is 0 Å². The van der Waals surface area contributed by atoms with Gasteiger partial charge in [-0.3, -0.25) is 0 Å². The fraction of sp³-hybridized carbons (Fsp3) is 0.158. The average molecular weight is 291 g/mol. The van der Waals surface area contributed by atoms with Gasteiger partial charge in [0.05, 0.1) is 0 Å². The molecule has 0 heterocycles. The predicted molar refractivity (Wildman–Crippen MR) is 95.9 cm³/mol. The fourth-order valence-corrected chi connectivity index (χ4v) is 5.03. The van der Waals surface area contributed by atoms with Crippen LogP contribution in [0.4, 0.5) is 5.69 Å². The second-order valence-corrected chi connectivity index (χ2v) is 10.3. The second kappa shape index (κ2) is 5.38. The third-order valence-electron chi connectivity index (χ3n) is 4.45. The molecule has 0 N–H and O–H groups in total. The first-order valence-electron chi connectivity index (χ1n) is 7.38. The summed E-state index contributed by atoms with van der Waals surface area (Å²) in [6.07, 6.45) is 0. The number of hydrogen-bond donors (Lipinski definition) is 0. The van der Waals surface area contributed by atoms with Crippen LogP contribution in [0.1, 0.15) is 0 Å². The minimum atomic E-state index is -1.71. The highest BCUT2D eigenvalue weighted by atomic mass is 28.3. The molecule has 0 aliphatic rings. The van der Waals surface area contributed by atoms with Crippen LogP contribution in [0.2, 0.25) is 13.1 Å². The maximum atomic E-state index is 2.50. The summed E-state index contributed by atoms with van der Waals surface area (Å²) < 4.78 is 2.50. The van der Waals surface area contributed by atoms with Crippen molar-refractivity contribution in [3.8, 4) is 0 Å². The lowest BCUT2D eigenvalue weighted by Gasteiger charge is -2.36. The van der Waals surface area contributed by atoms with Crippen molar-refractivity contribution in [3.05, 3.63) is 72.8 Å². The molecule has 21 heavy (non-hydrogen) atoms. The number of hydrogen-bond acceptors (Lipinski definition) is 1. The molecular weight excluding hydrogens is 270 g/mol. The third kappa shape index (κ3) is 2.47. The molecule has 0 radical (unpaired) electrons. The van der Waals surface area contributed by atoms with E-state index in [1.54, 1.807) is 0 Å². The van der Waals surface area contributed by atoms with Crippen LogP contribution >= 0.6 is 0 Å².